The Bertz CT molecular complexity index is 1350. The predicted molar refractivity (Wildman–Crippen MR) is 125 cm³/mol. The number of halogens is 2. The molecule has 6 rings (SSSR count). The summed E-state index contributed by atoms with van der Waals surface area (Å²) < 4.78 is 5.39. The number of rotatable bonds is 3. The summed E-state index contributed by atoms with van der Waals surface area (Å²) in [5, 5.41) is 0.589. The zero-order chi connectivity index (χ0) is 22.9. The molecular formula is C25H16Cl2N2O4. The van der Waals surface area contributed by atoms with Crippen LogP contribution in [-0.4, -0.2) is 29.7 Å². The zero-order valence-corrected chi connectivity index (χ0v) is 18.5. The van der Waals surface area contributed by atoms with Crippen LogP contribution in [0.2, 0.25) is 10.0 Å². The van der Waals surface area contributed by atoms with Gasteiger partial charge in [0, 0.05) is 10.7 Å². The summed E-state index contributed by atoms with van der Waals surface area (Å²) in [5.74, 6) is -2.66. The molecular weight excluding hydrogens is 463 g/mol. The lowest BCUT2D eigenvalue weighted by Crippen LogP contribution is -2.48. The van der Waals surface area contributed by atoms with Gasteiger partial charge in [-0.25, -0.2) is 4.90 Å². The molecule has 3 aliphatic rings. The molecule has 4 atom stereocenters. The van der Waals surface area contributed by atoms with Gasteiger partial charge in [-0.3, -0.25) is 14.4 Å². The molecule has 2 saturated heterocycles. The van der Waals surface area contributed by atoms with Crippen molar-refractivity contribution in [3.05, 3.63) is 88.3 Å². The highest BCUT2D eigenvalue weighted by Crippen LogP contribution is 2.50. The minimum atomic E-state index is -0.898. The first-order chi connectivity index (χ1) is 16.0. The van der Waals surface area contributed by atoms with Crippen molar-refractivity contribution < 1.29 is 18.8 Å². The summed E-state index contributed by atoms with van der Waals surface area (Å²) in [7, 11) is 0. The van der Waals surface area contributed by atoms with Gasteiger partial charge in [0.25, 0.3) is 0 Å². The number of imide groups is 1. The maximum absolute atomic E-state index is 13.8. The molecule has 2 fully saturated rings. The van der Waals surface area contributed by atoms with Crippen LogP contribution in [0.4, 0.5) is 11.4 Å². The van der Waals surface area contributed by atoms with Crippen molar-refractivity contribution in [2.24, 2.45) is 11.8 Å². The van der Waals surface area contributed by atoms with Crippen molar-refractivity contribution in [3.63, 3.8) is 0 Å². The van der Waals surface area contributed by atoms with Crippen molar-refractivity contribution >= 4 is 58.3 Å². The number of benzene rings is 2. The number of para-hydroxylation sites is 1. The van der Waals surface area contributed by atoms with Crippen molar-refractivity contribution in [2.75, 3.05) is 9.80 Å². The van der Waals surface area contributed by atoms with Gasteiger partial charge in [-0.1, -0.05) is 53.6 Å². The van der Waals surface area contributed by atoms with Gasteiger partial charge in [-0.05, 0) is 42.0 Å². The van der Waals surface area contributed by atoms with Gasteiger partial charge in [0.05, 0.1) is 34.9 Å². The van der Waals surface area contributed by atoms with Crippen molar-refractivity contribution in [1.82, 2.24) is 0 Å². The Morgan fingerprint density at radius 3 is 2.45 bits per heavy atom. The zero-order valence-electron chi connectivity index (χ0n) is 17.0. The first-order valence-corrected chi connectivity index (χ1v) is 11.2. The Hall–Kier alpha value is -3.35. The first-order valence-electron chi connectivity index (χ1n) is 10.4. The maximum atomic E-state index is 13.8. The average molecular weight is 479 g/mol. The van der Waals surface area contributed by atoms with Gasteiger partial charge in [0.2, 0.25) is 17.6 Å². The third kappa shape index (κ3) is 2.84. The monoisotopic (exact) mass is 478 g/mol. The highest BCUT2D eigenvalue weighted by Gasteiger charge is 2.64. The lowest BCUT2D eigenvalue weighted by molar-refractivity contribution is -0.122. The van der Waals surface area contributed by atoms with E-state index in [0.29, 0.717) is 5.02 Å². The molecule has 6 nitrogen and oxygen atoms in total. The molecule has 0 saturated carbocycles. The van der Waals surface area contributed by atoms with Crippen molar-refractivity contribution in [3.8, 4) is 0 Å². The summed E-state index contributed by atoms with van der Waals surface area (Å²) in [5.41, 5.74) is 1.99. The molecule has 0 spiro atoms. The Kier molecular flexibility index (Phi) is 4.50. The quantitative estimate of drug-likeness (QED) is 0.397. The smallest absolute Gasteiger partial charge is 0.240 e. The third-order valence-electron chi connectivity index (χ3n) is 6.60. The minimum absolute atomic E-state index is 0.148. The molecule has 0 unspecified atom stereocenters. The van der Waals surface area contributed by atoms with Gasteiger partial charge < -0.3 is 9.32 Å². The summed E-state index contributed by atoms with van der Waals surface area (Å²) in [6, 6.07) is 14.1. The molecule has 2 amide bonds. The number of fused-ring (bicyclic) bond motifs is 5. The Labute approximate surface area is 199 Å². The molecule has 4 heterocycles. The number of carbonyl (C=O) groups is 3. The van der Waals surface area contributed by atoms with Crippen LogP contribution in [0.1, 0.15) is 16.1 Å². The average Bonchev–Trinajstić information content (AvgIpc) is 3.51. The van der Waals surface area contributed by atoms with Crippen LogP contribution >= 0.6 is 23.2 Å². The van der Waals surface area contributed by atoms with Gasteiger partial charge >= 0.3 is 0 Å². The van der Waals surface area contributed by atoms with E-state index in [2.05, 4.69) is 0 Å². The highest BCUT2D eigenvalue weighted by atomic mass is 35.5. The van der Waals surface area contributed by atoms with E-state index in [4.69, 9.17) is 27.6 Å². The molecule has 0 N–H and O–H groups in total. The Morgan fingerprint density at radius 1 is 0.909 bits per heavy atom. The second-order valence-corrected chi connectivity index (χ2v) is 9.11. The highest BCUT2D eigenvalue weighted by molar-refractivity contribution is 6.38. The fourth-order valence-corrected chi connectivity index (χ4v) is 5.77. The van der Waals surface area contributed by atoms with Gasteiger partial charge in [-0.15, -0.1) is 0 Å². The standard InChI is InChI=1S/C25H16Cl2N2O4/c26-14-8-10-17(15(27)12-14)29-24(31)20-18-9-7-13-4-1-2-5-16(13)28(18)22(21(20)25(29)32)23(30)19-6-3-11-33-19/h1-12,18,20-22H/t18-,20-,21-,22-/m1/s1. The number of hydrogen-bond acceptors (Lipinski definition) is 5. The minimum Gasteiger partial charge on any atom is -0.461 e. The van der Waals surface area contributed by atoms with E-state index >= 15 is 0 Å². The number of hydrogen-bond donors (Lipinski definition) is 0. The first kappa shape index (κ1) is 20.3. The van der Waals surface area contributed by atoms with E-state index in [1.165, 1.54) is 12.3 Å². The summed E-state index contributed by atoms with van der Waals surface area (Å²) in [6.07, 6.45) is 5.25. The molecule has 2 aromatic carbocycles. The summed E-state index contributed by atoms with van der Waals surface area (Å²) in [4.78, 5) is 44.1. The largest absolute Gasteiger partial charge is 0.461 e. The molecule has 33 heavy (non-hydrogen) atoms. The van der Waals surface area contributed by atoms with Crippen molar-refractivity contribution in [2.45, 2.75) is 12.1 Å². The van der Waals surface area contributed by atoms with Crippen LogP contribution < -0.4 is 9.80 Å². The van der Waals surface area contributed by atoms with Crippen LogP contribution in [-0.2, 0) is 9.59 Å². The molecule has 1 aromatic heterocycles. The van der Waals surface area contributed by atoms with E-state index in [9.17, 15) is 14.4 Å². The van der Waals surface area contributed by atoms with Crippen LogP contribution in [0.15, 0.2) is 71.4 Å². The van der Waals surface area contributed by atoms with E-state index in [1.807, 2.05) is 41.3 Å². The number of carbonyl (C=O) groups excluding carboxylic acids is 3. The fraction of sp³-hybridized carbons (Fsp3) is 0.160. The number of ketones is 1. The molecule has 164 valence electrons. The van der Waals surface area contributed by atoms with E-state index in [-0.39, 0.29) is 28.2 Å². The third-order valence-corrected chi connectivity index (χ3v) is 7.14. The van der Waals surface area contributed by atoms with Crippen molar-refractivity contribution in [1.29, 1.82) is 0 Å². The second-order valence-electron chi connectivity index (χ2n) is 8.26. The normalized spacial score (nSPS) is 25.3. The lowest BCUT2D eigenvalue weighted by Gasteiger charge is -2.36. The molecule has 0 aliphatic carbocycles. The molecule has 0 bridgehead atoms. The Balaban J connectivity index is 1.51. The van der Waals surface area contributed by atoms with Gasteiger partial charge in [-0.2, -0.15) is 0 Å². The molecule has 8 heteroatoms. The fourth-order valence-electron chi connectivity index (χ4n) is 5.28. The van der Waals surface area contributed by atoms with Crippen LogP contribution in [0.3, 0.4) is 0 Å². The van der Waals surface area contributed by atoms with Crippen LogP contribution in [0.25, 0.3) is 6.08 Å². The SMILES string of the molecule is O=C(c1ccco1)[C@H]1[C@@H]2C(=O)N(c3ccc(Cl)cc3Cl)C(=O)[C@@H]2[C@H]2C=Cc3ccccc3N21. The number of furan rings is 1. The molecule has 0 radical (unpaired) electrons. The van der Waals surface area contributed by atoms with E-state index in [0.717, 1.165) is 16.2 Å². The number of Topliss-reactive ketones (excluding diaryl/α,β-unsaturated/α-hetero) is 1. The topological polar surface area (TPSA) is 70.8 Å². The van der Waals surface area contributed by atoms with Crippen LogP contribution in [0.5, 0.6) is 0 Å². The van der Waals surface area contributed by atoms with Gasteiger partial charge in [0.1, 0.15) is 6.04 Å². The van der Waals surface area contributed by atoms with E-state index in [1.54, 1.807) is 24.3 Å². The predicted octanol–water partition coefficient (Wildman–Crippen LogP) is 4.86. The summed E-state index contributed by atoms with van der Waals surface area (Å²) >= 11 is 12.4. The van der Waals surface area contributed by atoms with Gasteiger partial charge in [0.15, 0.2) is 5.76 Å². The number of amides is 2. The molecule has 3 aliphatic heterocycles. The summed E-state index contributed by atoms with van der Waals surface area (Å²) in [6.45, 7) is 0. The second kappa shape index (κ2) is 7.33. The maximum Gasteiger partial charge on any atom is 0.240 e. The van der Waals surface area contributed by atoms with E-state index < -0.39 is 29.8 Å². The number of nitrogens with zero attached hydrogens (tertiary/aromatic N) is 2. The number of anilines is 2. The van der Waals surface area contributed by atoms with Crippen LogP contribution in [0, 0.1) is 11.8 Å². The molecule has 3 aromatic rings. The lowest BCUT2D eigenvalue weighted by atomic mass is 9.87. The Morgan fingerprint density at radius 2 is 1.70 bits per heavy atom.